The summed E-state index contributed by atoms with van der Waals surface area (Å²) < 4.78 is 6.45. The maximum absolute atomic E-state index is 12.6. The molecule has 2 aromatic rings. The maximum Gasteiger partial charge on any atom is 0.325 e. The third kappa shape index (κ3) is 3.28. The summed E-state index contributed by atoms with van der Waals surface area (Å²) in [6.07, 6.45) is -0.150. The van der Waals surface area contributed by atoms with Gasteiger partial charge in [-0.3, -0.25) is 19.1 Å². The summed E-state index contributed by atoms with van der Waals surface area (Å²) in [5.41, 5.74) is 0.160. The van der Waals surface area contributed by atoms with Crippen molar-refractivity contribution in [2.24, 2.45) is 0 Å². The molecule has 0 unspecified atom stereocenters. The fourth-order valence-electron chi connectivity index (χ4n) is 2.72. The van der Waals surface area contributed by atoms with Crippen LogP contribution in [0.2, 0.25) is 0 Å². The Morgan fingerprint density at radius 1 is 1.21 bits per heavy atom. The summed E-state index contributed by atoms with van der Waals surface area (Å²) in [4.78, 5) is 37.6. The first-order valence-corrected chi connectivity index (χ1v) is 7.62. The Balaban J connectivity index is 1.97. The number of carbonyl (C=O) groups excluding carboxylic acids is 1. The van der Waals surface area contributed by atoms with E-state index < -0.39 is 5.97 Å². The SMILES string of the molecule is O=C(O)Cn1nc(CC(=O)N2CCOCC2)c(=O)c2ccccc21. The van der Waals surface area contributed by atoms with Crippen LogP contribution in [0.1, 0.15) is 5.69 Å². The van der Waals surface area contributed by atoms with Gasteiger partial charge in [-0.25, -0.2) is 0 Å². The Morgan fingerprint density at radius 3 is 2.62 bits per heavy atom. The molecular weight excluding hydrogens is 314 g/mol. The molecule has 0 saturated carbocycles. The second-order valence-electron chi connectivity index (χ2n) is 5.51. The molecule has 0 spiro atoms. The summed E-state index contributed by atoms with van der Waals surface area (Å²) >= 11 is 0. The number of morpholine rings is 1. The van der Waals surface area contributed by atoms with Crippen molar-refractivity contribution in [2.75, 3.05) is 26.3 Å². The molecule has 1 aliphatic heterocycles. The summed E-state index contributed by atoms with van der Waals surface area (Å²) in [5.74, 6) is -1.28. The Labute approximate surface area is 137 Å². The molecule has 0 bridgehead atoms. The minimum absolute atomic E-state index is 0.0615. The van der Waals surface area contributed by atoms with Crippen molar-refractivity contribution in [3.8, 4) is 0 Å². The lowest BCUT2D eigenvalue weighted by Crippen LogP contribution is -2.42. The van der Waals surface area contributed by atoms with Crippen molar-refractivity contribution >= 4 is 22.8 Å². The molecule has 1 aromatic carbocycles. The van der Waals surface area contributed by atoms with Crippen LogP contribution in [-0.4, -0.2) is 58.0 Å². The summed E-state index contributed by atoms with van der Waals surface area (Å²) in [6, 6.07) is 6.66. The van der Waals surface area contributed by atoms with Gasteiger partial charge in [-0.1, -0.05) is 12.1 Å². The number of amides is 1. The number of carboxylic acid groups (broad SMARTS) is 1. The molecule has 0 atom stereocenters. The van der Waals surface area contributed by atoms with E-state index in [4.69, 9.17) is 9.84 Å². The monoisotopic (exact) mass is 331 g/mol. The van der Waals surface area contributed by atoms with Gasteiger partial charge in [0.15, 0.2) is 0 Å². The van der Waals surface area contributed by atoms with E-state index in [-0.39, 0.29) is 30.0 Å². The fraction of sp³-hybridized carbons (Fsp3) is 0.375. The number of nitrogens with zero attached hydrogens (tertiary/aromatic N) is 3. The van der Waals surface area contributed by atoms with Gasteiger partial charge in [0.2, 0.25) is 11.3 Å². The quantitative estimate of drug-likeness (QED) is 0.838. The standard InChI is InChI=1S/C16H17N3O5/c20-14(18-5-7-24-8-6-18)9-12-16(23)11-3-1-2-4-13(11)19(17-12)10-15(21)22/h1-4H,5-10H2,(H,21,22). The van der Waals surface area contributed by atoms with Gasteiger partial charge in [0.1, 0.15) is 12.2 Å². The number of carboxylic acids is 1. The summed E-state index contributed by atoms with van der Waals surface area (Å²) in [5, 5.41) is 13.5. The minimum Gasteiger partial charge on any atom is -0.480 e. The highest BCUT2D eigenvalue weighted by Crippen LogP contribution is 2.10. The molecule has 1 aromatic heterocycles. The number of fused-ring (bicyclic) bond motifs is 1. The van der Waals surface area contributed by atoms with Crippen LogP contribution in [0.25, 0.3) is 10.9 Å². The smallest absolute Gasteiger partial charge is 0.325 e. The summed E-state index contributed by atoms with van der Waals surface area (Å²) in [6.45, 7) is 1.53. The largest absolute Gasteiger partial charge is 0.480 e. The van der Waals surface area contributed by atoms with Crippen molar-refractivity contribution in [1.82, 2.24) is 14.7 Å². The topological polar surface area (TPSA) is 102 Å². The predicted molar refractivity (Wildman–Crippen MR) is 84.7 cm³/mol. The number of rotatable bonds is 4. The van der Waals surface area contributed by atoms with Gasteiger partial charge in [-0.2, -0.15) is 5.10 Å². The molecule has 1 fully saturated rings. The summed E-state index contributed by atoms with van der Waals surface area (Å²) in [7, 11) is 0. The van der Waals surface area contributed by atoms with Crippen LogP contribution in [0.15, 0.2) is 29.1 Å². The Bertz CT molecular complexity index is 839. The molecule has 24 heavy (non-hydrogen) atoms. The number of benzene rings is 1. The molecule has 0 aliphatic carbocycles. The minimum atomic E-state index is -1.07. The van der Waals surface area contributed by atoms with Gasteiger partial charge in [0.25, 0.3) is 0 Å². The van der Waals surface area contributed by atoms with Gasteiger partial charge >= 0.3 is 5.97 Å². The average molecular weight is 331 g/mol. The Kier molecular flexibility index (Phi) is 4.57. The number of para-hydroxylation sites is 1. The van der Waals surface area contributed by atoms with Crippen molar-refractivity contribution in [2.45, 2.75) is 13.0 Å². The number of aromatic nitrogens is 2. The molecule has 1 amide bonds. The Morgan fingerprint density at radius 2 is 1.92 bits per heavy atom. The second-order valence-corrected chi connectivity index (χ2v) is 5.51. The van der Waals surface area contributed by atoms with Crippen molar-refractivity contribution in [1.29, 1.82) is 0 Å². The molecule has 126 valence electrons. The molecule has 1 N–H and O–H groups in total. The highest BCUT2D eigenvalue weighted by molar-refractivity contribution is 5.83. The van der Waals surface area contributed by atoms with Gasteiger partial charge in [-0.05, 0) is 12.1 Å². The van der Waals surface area contributed by atoms with Crippen LogP contribution < -0.4 is 5.43 Å². The molecule has 8 nitrogen and oxygen atoms in total. The van der Waals surface area contributed by atoms with Gasteiger partial charge in [0, 0.05) is 18.5 Å². The third-order valence-electron chi connectivity index (χ3n) is 3.90. The molecule has 8 heteroatoms. The van der Waals surface area contributed by atoms with Crippen LogP contribution in [0.5, 0.6) is 0 Å². The zero-order chi connectivity index (χ0) is 17.1. The zero-order valence-electron chi connectivity index (χ0n) is 13.0. The molecule has 2 heterocycles. The second kappa shape index (κ2) is 6.79. The number of ether oxygens (including phenoxy) is 1. The van der Waals surface area contributed by atoms with Crippen LogP contribution in [-0.2, 0) is 27.3 Å². The molecular formula is C16H17N3O5. The van der Waals surface area contributed by atoms with Crippen LogP contribution in [0.3, 0.4) is 0 Å². The fourth-order valence-corrected chi connectivity index (χ4v) is 2.72. The number of hydrogen-bond donors (Lipinski definition) is 1. The van der Waals surface area contributed by atoms with E-state index in [9.17, 15) is 14.4 Å². The van der Waals surface area contributed by atoms with Crippen LogP contribution in [0.4, 0.5) is 0 Å². The first-order chi connectivity index (χ1) is 11.6. The van der Waals surface area contributed by atoms with E-state index in [2.05, 4.69) is 5.10 Å². The molecule has 1 aliphatic rings. The van der Waals surface area contributed by atoms with Gasteiger partial charge in [0.05, 0.1) is 25.2 Å². The maximum atomic E-state index is 12.6. The van der Waals surface area contributed by atoms with Crippen molar-refractivity contribution in [3.63, 3.8) is 0 Å². The molecule has 3 rings (SSSR count). The Hall–Kier alpha value is -2.74. The predicted octanol–water partition coefficient (Wildman–Crippen LogP) is -0.118. The van der Waals surface area contributed by atoms with E-state index in [0.29, 0.717) is 37.2 Å². The first kappa shape index (κ1) is 16.1. The highest BCUT2D eigenvalue weighted by atomic mass is 16.5. The van der Waals surface area contributed by atoms with Crippen molar-refractivity contribution in [3.05, 3.63) is 40.2 Å². The lowest BCUT2D eigenvalue weighted by Gasteiger charge is -2.26. The lowest BCUT2D eigenvalue weighted by molar-refractivity contribution is -0.137. The number of carbonyl (C=O) groups is 2. The number of hydrogen-bond acceptors (Lipinski definition) is 5. The third-order valence-corrected chi connectivity index (χ3v) is 3.90. The van der Waals surface area contributed by atoms with E-state index >= 15 is 0 Å². The van der Waals surface area contributed by atoms with Crippen LogP contribution >= 0.6 is 0 Å². The first-order valence-electron chi connectivity index (χ1n) is 7.62. The zero-order valence-corrected chi connectivity index (χ0v) is 13.0. The lowest BCUT2D eigenvalue weighted by atomic mass is 10.1. The average Bonchev–Trinajstić information content (AvgIpc) is 2.59. The van der Waals surface area contributed by atoms with E-state index in [1.165, 1.54) is 4.68 Å². The molecule has 0 radical (unpaired) electrons. The molecule has 1 saturated heterocycles. The highest BCUT2D eigenvalue weighted by Gasteiger charge is 2.20. The van der Waals surface area contributed by atoms with Crippen molar-refractivity contribution < 1.29 is 19.4 Å². The van der Waals surface area contributed by atoms with E-state index in [1.807, 2.05) is 0 Å². The van der Waals surface area contributed by atoms with E-state index in [0.717, 1.165) is 0 Å². The number of aliphatic carboxylic acids is 1. The normalized spacial score (nSPS) is 14.8. The van der Waals surface area contributed by atoms with Gasteiger partial charge < -0.3 is 14.7 Å². The van der Waals surface area contributed by atoms with Gasteiger partial charge in [-0.15, -0.1) is 0 Å². The van der Waals surface area contributed by atoms with E-state index in [1.54, 1.807) is 29.2 Å². The van der Waals surface area contributed by atoms with Crippen LogP contribution in [0, 0.1) is 0 Å².